The number of nitrogens with zero attached hydrogens (tertiary/aromatic N) is 2. The fraction of sp³-hybridized carbons (Fsp3) is 0.333. The van der Waals surface area contributed by atoms with Gasteiger partial charge < -0.3 is 4.90 Å². The van der Waals surface area contributed by atoms with E-state index in [1.54, 1.807) is 30.5 Å². The Morgan fingerprint density at radius 1 is 1.00 bits per heavy atom. The minimum Gasteiger partial charge on any atom is -0.374 e. The Morgan fingerprint density at radius 3 is 2.45 bits per heavy atom. The summed E-state index contributed by atoms with van der Waals surface area (Å²) in [4.78, 5) is 29.6. The first-order valence-electron chi connectivity index (χ1n) is 10.4. The number of likely N-dealkylation sites (tertiary alicyclic amines) is 1. The largest absolute Gasteiger partial charge is 0.416 e. The number of hydrogen-bond donors (Lipinski definition) is 0. The highest BCUT2D eigenvalue weighted by atomic mass is 19.4. The maximum Gasteiger partial charge on any atom is 0.416 e. The van der Waals surface area contributed by atoms with Crippen LogP contribution in [0.2, 0.25) is 0 Å². The molecule has 0 spiro atoms. The van der Waals surface area contributed by atoms with Crippen LogP contribution in [0.3, 0.4) is 0 Å². The lowest BCUT2D eigenvalue weighted by Gasteiger charge is -2.36. The number of carbonyl (C=O) groups is 2. The molecule has 7 heteroatoms. The third-order valence-corrected chi connectivity index (χ3v) is 5.95. The van der Waals surface area contributed by atoms with Gasteiger partial charge in [-0.3, -0.25) is 9.59 Å². The van der Waals surface area contributed by atoms with Gasteiger partial charge in [-0.1, -0.05) is 31.2 Å². The third kappa shape index (κ3) is 3.96. The Labute approximate surface area is 179 Å². The number of imide groups is 1. The second-order valence-corrected chi connectivity index (χ2v) is 7.88. The number of benzene rings is 2. The van der Waals surface area contributed by atoms with Crippen molar-refractivity contribution >= 4 is 23.1 Å². The zero-order valence-corrected chi connectivity index (χ0v) is 17.2. The van der Waals surface area contributed by atoms with Crippen LogP contribution in [0.5, 0.6) is 0 Å². The Bertz CT molecular complexity index is 1050. The van der Waals surface area contributed by atoms with Crippen molar-refractivity contribution in [2.45, 2.75) is 44.8 Å². The van der Waals surface area contributed by atoms with Gasteiger partial charge in [0.15, 0.2) is 0 Å². The molecule has 4 rings (SSSR count). The third-order valence-electron chi connectivity index (χ3n) is 5.95. The molecular formula is C24H23F3N2O2. The lowest BCUT2D eigenvalue weighted by Crippen LogP contribution is -2.43. The summed E-state index contributed by atoms with van der Waals surface area (Å²) in [6.45, 7) is 2.89. The van der Waals surface area contributed by atoms with Gasteiger partial charge in [0.1, 0.15) is 0 Å². The molecule has 2 aromatic rings. The Morgan fingerprint density at radius 2 is 1.74 bits per heavy atom. The van der Waals surface area contributed by atoms with Crippen molar-refractivity contribution in [1.29, 1.82) is 0 Å². The molecule has 2 aliphatic rings. The van der Waals surface area contributed by atoms with Gasteiger partial charge in [0, 0.05) is 29.9 Å². The first-order valence-corrected chi connectivity index (χ1v) is 10.4. The zero-order valence-electron chi connectivity index (χ0n) is 17.2. The van der Waals surface area contributed by atoms with Crippen LogP contribution in [0.25, 0.3) is 5.57 Å². The first-order chi connectivity index (χ1) is 14.8. The van der Waals surface area contributed by atoms with Gasteiger partial charge in [0.2, 0.25) is 0 Å². The van der Waals surface area contributed by atoms with E-state index < -0.39 is 23.6 Å². The van der Waals surface area contributed by atoms with Crippen LogP contribution in [0, 0.1) is 0 Å². The van der Waals surface area contributed by atoms with E-state index in [2.05, 4.69) is 11.8 Å². The second kappa shape index (κ2) is 8.21. The Balaban J connectivity index is 1.82. The summed E-state index contributed by atoms with van der Waals surface area (Å²) < 4.78 is 39.7. The quantitative estimate of drug-likeness (QED) is 0.479. The highest BCUT2D eigenvalue weighted by Crippen LogP contribution is 2.36. The molecule has 0 bridgehead atoms. The molecule has 162 valence electrons. The molecule has 2 heterocycles. The van der Waals surface area contributed by atoms with Crippen LogP contribution in [-0.2, 0) is 11.0 Å². The summed E-state index contributed by atoms with van der Waals surface area (Å²) in [7, 11) is 0. The lowest BCUT2D eigenvalue weighted by molar-refractivity contribution is -0.137. The molecule has 0 aliphatic carbocycles. The molecule has 1 atom stereocenters. The van der Waals surface area contributed by atoms with E-state index in [9.17, 15) is 22.8 Å². The topological polar surface area (TPSA) is 40.6 Å². The summed E-state index contributed by atoms with van der Waals surface area (Å²) in [5.41, 5.74) is 0.151. The summed E-state index contributed by atoms with van der Waals surface area (Å²) in [5, 5.41) is 0. The lowest BCUT2D eigenvalue weighted by atomic mass is 9.92. The molecule has 1 unspecified atom stereocenters. The molecule has 0 saturated carbocycles. The van der Waals surface area contributed by atoms with Gasteiger partial charge in [-0.2, -0.15) is 13.2 Å². The smallest absolute Gasteiger partial charge is 0.374 e. The predicted octanol–water partition coefficient (Wildman–Crippen LogP) is 5.50. The molecule has 0 radical (unpaired) electrons. The Hall–Kier alpha value is -3.09. The fourth-order valence-electron chi connectivity index (χ4n) is 4.33. The first kappa shape index (κ1) is 21.2. The molecule has 0 aromatic heterocycles. The van der Waals surface area contributed by atoms with E-state index in [-0.39, 0.29) is 5.69 Å². The minimum atomic E-state index is -4.57. The molecule has 31 heavy (non-hydrogen) atoms. The van der Waals surface area contributed by atoms with Crippen molar-refractivity contribution in [2.75, 3.05) is 11.4 Å². The molecule has 2 amide bonds. The highest BCUT2D eigenvalue weighted by Gasteiger charge is 2.38. The maximum absolute atomic E-state index is 13.5. The van der Waals surface area contributed by atoms with E-state index in [0.29, 0.717) is 22.7 Å². The normalized spacial score (nSPS) is 20.9. The Kier molecular flexibility index (Phi) is 5.60. The van der Waals surface area contributed by atoms with Crippen LogP contribution >= 0.6 is 0 Å². The van der Waals surface area contributed by atoms with Gasteiger partial charge in [0.05, 0.1) is 16.8 Å². The second-order valence-electron chi connectivity index (χ2n) is 7.88. The van der Waals surface area contributed by atoms with Crippen LogP contribution < -0.4 is 4.90 Å². The summed E-state index contributed by atoms with van der Waals surface area (Å²) >= 11 is 0. The van der Waals surface area contributed by atoms with E-state index in [4.69, 9.17) is 0 Å². The highest BCUT2D eigenvalue weighted by molar-refractivity contribution is 6.41. The fourth-order valence-corrected chi connectivity index (χ4v) is 4.33. The number of carbonyl (C=O) groups excluding carboxylic acids is 2. The zero-order chi connectivity index (χ0) is 22.2. The molecule has 4 nitrogen and oxygen atoms in total. The summed E-state index contributed by atoms with van der Waals surface area (Å²) in [6.07, 6.45) is 1.30. The number of piperidine rings is 1. The number of amides is 2. The van der Waals surface area contributed by atoms with Crippen molar-refractivity contribution in [3.8, 4) is 0 Å². The van der Waals surface area contributed by atoms with E-state index in [0.717, 1.165) is 49.3 Å². The van der Waals surface area contributed by atoms with Crippen molar-refractivity contribution < 1.29 is 22.8 Å². The number of hydrogen-bond acceptors (Lipinski definition) is 3. The van der Waals surface area contributed by atoms with Gasteiger partial charge in [-0.05, 0) is 49.9 Å². The molecular weight excluding hydrogens is 405 g/mol. The van der Waals surface area contributed by atoms with Crippen LogP contribution in [0.15, 0.2) is 54.7 Å². The summed E-state index contributed by atoms with van der Waals surface area (Å²) in [6, 6.07) is 11.4. The average molecular weight is 428 g/mol. The van der Waals surface area contributed by atoms with E-state index in [1.165, 1.54) is 12.1 Å². The minimum absolute atomic E-state index is 0.0871. The van der Waals surface area contributed by atoms with Gasteiger partial charge >= 0.3 is 6.18 Å². The van der Waals surface area contributed by atoms with Crippen molar-refractivity contribution in [3.63, 3.8) is 0 Å². The SMILES string of the molecule is CCC1CCCCN1/C=C1\C(=O)N(c2cccc(C(F)(F)F)c2)C(=O)c2ccccc21. The predicted molar refractivity (Wildman–Crippen MR) is 112 cm³/mol. The van der Waals surface area contributed by atoms with Crippen molar-refractivity contribution in [1.82, 2.24) is 4.90 Å². The van der Waals surface area contributed by atoms with Crippen LogP contribution in [-0.4, -0.2) is 29.3 Å². The molecule has 2 aliphatic heterocycles. The van der Waals surface area contributed by atoms with E-state index in [1.807, 2.05) is 0 Å². The van der Waals surface area contributed by atoms with Crippen molar-refractivity contribution in [3.05, 3.63) is 71.4 Å². The molecule has 1 saturated heterocycles. The van der Waals surface area contributed by atoms with Crippen LogP contribution in [0.4, 0.5) is 18.9 Å². The average Bonchev–Trinajstić information content (AvgIpc) is 2.76. The van der Waals surface area contributed by atoms with Gasteiger partial charge in [0.25, 0.3) is 11.8 Å². The molecule has 1 fully saturated rings. The number of alkyl halides is 3. The number of anilines is 1. The molecule has 0 N–H and O–H groups in total. The van der Waals surface area contributed by atoms with Crippen LogP contribution in [0.1, 0.15) is 54.1 Å². The number of rotatable bonds is 3. The number of fused-ring (bicyclic) bond motifs is 1. The maximum atomic E-state index is 13.5. The van der Waals surface area contributed by atoms with Crippen molar-refractivity contribution in [2.24, 2.45) is 0 Å². The van der Waals surface area contributed by atoms with Gasteiger partial charge in [-0.25, -0.2) is 4.90 Å². The number of halogens is 3. The van der Waals surface area contributed by atoms with Gasteiger partial charge in [-0.15, -0.1) is 0 Å². The van der Waals surface area contributed by atoms with E-state index >= 15 is 0 Å². The monoisotopic (exact) mass is 428 g/mol. The molecule has 2 aromatic carbocycles. The summed E-state index contributed by atoms with van der Waals surface area (Å²) in [5.74, 6) is -1.23. The standard InChI is InChI=1S/C24H23F3N2O2/c1-2-17-9-5-6-13-28(17)15-21-19-11-3-4-12-20(19)22(30)29(23(21)31)18-10-7-8-16(14-18)24(25,26)27/h3-4,7-8,10-12,14-15,17H,2,5-6,9,13H2,1H3/b21-15-.